The Kier molecular flexibility index (Phi) is 2.94. The zero-order chi connectivity index (χ0) is 8.97. The zero-order valence-electron chi connectivity index (χ0n) is 7.24. The Hall–Kier alpha value is -1.22. The maximum atomic E-state index is 11.1. The average molecular weight is 164 g/mol. The average Bonchev–Trinajstić information content (AvgIpc) is 2.07. The van der Waals surface area contributed by atoms with Crippen molar-refractivity contribution in [2.24, 2.45) is 0 Å². The number of rotatable bonds is 3. The summed E-state index contributed by atoms with van der Waals surface area (Å²) in [6, 6.07) is 3.48. The van der Waals surface area contributed by atoms with Gasteiger partial charge in [0.2, 0.25) is 0 Å². The molecular formula is C9H12N2O. The van der Waals surface area contributed by atoms with Gasteiger partial charge in [-0.05, 0) is 25.6 Å². The molecule has 3 heteroatoms. The van der Waals surface area contributed by atoms with Crippen molar-refractivity contribution >= 4 is 5.78 Å². The number of hydrogen-bond donors (Lipinski definition) is 1. The van der Waals surface area contributed by atoms with Crippen LogP contribution in [0.15, 0.2) is 24.5 Å². The van der Waals surface area contributed by atoms with Crippen molar-refractivity contribution in [3.63, 3.8) is 0 Å². The van der Waals surface area contributed by atoms with Crippen LogP contribution in [0.1, 0.15) is 18.5 Å². The van der Waals surface area contributed by atoms with Crippen LogP contribution >= 0.6 is 0 Å². The predicted molar refractivity (Wildman–Crippen MR) is 46.7 cm³/mol. The first-order valence-electron chi connectivity index (χ1n) is 3.83. The van der Waals surface area contributed by atoms with Gasteiger partial charge in [-0.1, -0.05) is 6.07 Å². The highest BCUT2D eigenvalue weighted by atomic mass is 16.1. The van der Waals surface area contributed by atoms with E-state index in [2.05, 4.69) is 10.3 Å². The van der Waals surface area contributed by atoms with E-state index in [4.69, 9.17) is 0 Å². The minimum Gasteiger partial charge on any atom is -0.307 e. The number of carbonyl (C=O) groups is 1. The number of nitrogens with one attached hydrogen (secondary N) is 1. The van der Waals surface area contributed by atoms with Crippen LogP contribution in [0.3, 0.4) is 0 Å². The van der Waals surface area contributed by atoms with Gasteiger partial charge in [-0.15, -0.1) is 0 Å². The fraction of sp³-hybridized carbons (Fsp3) is 0.333. The molecule has 12 heavy (non-hydrogen) atoms. The lowest BCUT2D eigenvalue weighted by molar-refractivity contribution is -0.119. The molecule has 1 rings (SSSR count). The lowest BCUT2D eigenvalue weighted by atomic mass is 10.1. The molecule has 0 amide bonds. The van der Waals surface area contributed by atoms with Gasteiger partial charge in [-0.3, -0.25) is 9.78 Å². The molecule has 0 aliphatic heterocycles. The fourth-order valence-electron chi connectivity index (χ4n) is 1.15. The van der Waals surface area contributed by atoms with Crippen LogP contribution in [0, 0.1) is 0 Å². The molecule has 0 bridgehead atoms. The maximum Gasteiger partial charge on any atom is 0.151 e. The number of carbonyl (C=O) groups excluding carboxylic acids is 1. The minimum absolute atomic E-state index is 0.102. The molecule has 0 aromatic carbocycles. The van der Waals surface area contributed by atoms with Crippen molar-refractivity contribution < 1.29 is 4.79 Å². The molecule has 1 atom stereocenters. The second-order valence-corrected chi connectivity index (χ2v) is 2.62. The van der Waals surface area contributed by atoms with Gasteiger partial charge < -0.3 is 5.32 Å². The van der Waals surface area contributed by atoms with E-state index in [0.717, 1.165) is 5.56 Å². The van der Waals surface area contributed by atoms with Gasteiger partial charge in [0.25, 0.3) is 0 Å². The van der Waals surface area contributed by atoms with Gasteiger partial charge in [-0.2, -0.15) is 0 Å². The molecule has 0 saturated carbocycles. The molecule has 1 heterocycles. The smallest absolute Gasteiger partial charge is 0.151 e. The molecule has 64 valence electrons. The van der Waals surface area contributed by atoms with Crippen molar-refractivity contribution in [1.82, 2.24) is 10.3 Å². The van der Waals surface area contributed by atoms with E-state index in [-0.39, 0.29) is 11.8 Å². The Morgan fingerprint density at radius 3 is 2.83 bits per heavy atom. The number of hydrogen-bond acceptors (Lipinski definition) is 3. The molecule has 0 radical (unpaired) electrons. The Morgan fingerprint density at radius 1 is 1.67 bits per heavy atom. The fourth-order valence-corrected chi connectivity index (χ4v) is 1.15. The predicted octanol–water partition coefficient (Wildman–Crippen LogP) is 0.931. The Balaban J connectivity index is 2.88. The first kappa shape index (κ1) is 8.87. The highest BCUT2D eigenvalue weighted by molar-refractivity contribution is 5.82. The summed E-state index contributed by atoms with van der Waals surface area (Å²) in [6.07, 6.45) is 3.39. The molecule has 1 unspecified atom stereocenters. The Labute approximate surface area is 71.8 Å². The molecule has 1 aromatic rings. The normalized spacial score (nSPS) is 12.5. The van der Waals surface area contributed by atoms with E-state index in [1.54, 1.807) is 26.4 Å². The lowest BCUT2D eigenvalue weighted by Gasteiger charge is -2.11. The lowest BCUT2D eigenvalue weighted by Crippen LogP contribution is -2.23. The van der Waals surface area contributed by atoms with Crippen LogP contribution < -0.4 is 5.32 Å². The van der Waals surface area contributed by atoms with Gasteiger partial charge in [-0.25, -0.2) is 0 Å². The van der Waals surface area contributed by atoms with E-state index < -0.39 is 0 Å². The minimum atomic E-state index is -0.223. The molecule has 0 aliphatic rings. The topological polar surface area (TPSA) is 42.0 Å². The molecule has 1 N–H and O–H groups in total. The summed E-state index contributed by atoms with van der Waals surface area (Å²) in [5.74, 6) is 0.102. The number of nitrogens with zero attached hydrogens (tertiary/aromatic N) is 1. The van der Waals surface area contributed by atoms with Crippen molar-refractivity contribution in [3.05, 3.63) is 30.1 Å². The quantitative estimate of drug-likeness (QED) is 0.722. The maximum absolute atomic E-state index is 11.1. The third-order valence-corrected chi connectivity index (χ3v) is 1.71. The summed E-state index contributed by atoms with van der Waals surface area (Å²) in [7, 11) is 1.76. The van der Waals surface area contributed by atoms with E-state index >= 15 is 0 Å². The van der Waals surface area contributed by atoms with Crippen LogP contribution in [0.2, 0.25) is 0 Å². The van der Waals surface area contributed by atoms with Crippen molar-refractivity contribution in [2.75, 3.05) is 7.05 Å². The first-order chi connectivity index (χ1) is 5.75. The monoisotopic (exact) mass is 164 g/mol. The number of Topliss-reactive ketones (excluding diaryl/α,β-unsaturated/α-hetero) is 1. The summed E-state index contributed by atoms with van der Waals surface area (Å²) >= 11 is 0. The van der Waals surface area contributed by atoms with Gasteiger partial charge >= 0.3 is 0 Å². The van der Waals surface area contributed by atoms with E-state index in [1.165, 1.54) is 0 Å². The van der Waals surface area contributed by atoms with Gasteiger partial charge in [0.05, 0.1) is 6.04 Å². The van der Waals surface area contributed by atoms with Crippen LogP contribution in [-0.2, 0) is 4.79 Å². The van der Waals surface area contributed by atoms with Crippen molar-refractivity contribution in [3.8, 4) is 0 Å². The Bertz CT molecular complexity index is 258. The van der Waals surface area contributed by atoms with Gasteiger partial charge in [0.1, 0.15) is 0 Å². The van der Waals surface area contributed by atoms with Gasteiger partial charge in [0, 0.05) is 12.4 Å². The molecular weight excluding hydrogens is 152 g/mol. The molecule has 0 spiro atoms. The third-order valence-electron chi connectivity index (χ3n) is 1.71. The number of likely N-dealkylation sites (N-methyl/N-ethyl adjacent to an activating group) is 1. The summed E-state index contributed by atoms with van der Waals surface area (Å²) in [5.41, 5.74) is 0.910. The van der Waals surface area contributed by atoms with E-state index in [0.29, 0.717) is 0 Å². The SMILES string of the molecule is CNC(C(C)=O)c1cccnc1. The van der Waals surface area contributed by atoms with Crippen LogP contribution in [0.4, 0.5) is 0 Å². The first-order valence-corrected chi connectivity index (χ1v) is 3.83. The summed E-state index contributed by atoms with van der Waals surface area (Å²) in [6.45, 7) is 1.56. The number of pyridine rings is 1. The second kappa shape index (κ2) is 3.97. The molecule has 0 aliphatic carbocycles. The van der Waals surface area contributed by atoms with Gasteiger partial charge in [0.15, 0.2) is 5.78 Å². The number of ketones is 1. The van der Waals surface area contributed by atoms with Crippen LogP contribution in [-0.4, -0.2) is 17.8 Å². The Morgan fingerprint density at radius 2 is 2.42 bits per heavy atom. The molecule has 0 saturated heterocycles. The summed E-state index contributed by atoms with van der Waals surface area (Å²) in [4.78, 5) is 15.0. The molecule has 1 aromatic heterocycles. The third kappa shape index (κ3) is 1.89. The van der Waals surface area contributed by atoms with Crippen molar-refractivity contribution in [2.45, 2.75) is 13.0 Å². The largest absolute Gasteiger partial charge is 0.307 e. The zero-order valence-corrected chi connectivity index (χ0v) is 7.24. The van der Waals surface area contributed by atoms with E-state index in [1.807, 2.05) is 12.1 Å². The van der Waals surface area contributed by atoms with Crippen LogP contribution in [0.25, 0.3) is 0 Å². The van der Waals surface area contributed by atoms with E-state index in [9.17, 15) is 4.79 Å². The summed E-state index contributed by atoms with van der Waals surface area (Å²) < 4.78 is 0. The highest BCUT2D eigenvalue weighted by Gasteiger charge is 2.12. The van der Waals surface area contributed by atoms with Crippen LogP contribution in [0.5, 0.6) is 0 Å². The molecule has 3 nitrogen and oxygen atoms in total. The number of aromatic nitrogens is 1. The standard InChI is InChI=1S/C9H12N2O/c1-7(12)9(10-2)8-4-3-5-11-6-8/h3-6,9-10H,1-2H3. The second-order valence-electron chi connectivity index (χ2n) is 2.62. The molecule has 0 fully saturated rings. The van der Waals surface area contributed by atoms with Crippen molar-refractivity contribution in [1.29, 1.82) is 0 Å². The summed E-state index contributed by atoms with van der Waals surface area (Å²) in [5, 5.41) is 2.93. The highest BCUT2D eigenvalue weighted by Crippen LogP contribution is 2.10.